The molecule has 1 aromatic heterocycles. The molecule has 0 radical (unpaired) electrons. The second-order valence-electron chi connectivity index (χ2n) is 6.66. The van der Waals surface area contributed by atoms with Crippen molar-refractivity contribution >= 4 is 33.0 Å². The number of hydrogen-bond acceptors (Lipinski definition) is 4. The zero-order chi connectivity index (χ0) is 21.7. The van der Waals surface area contributed by atoms with Gasteiger partial charge in [-0.15, -0.1) is 0 Å². The molecule has 2 aromatic carbocycles. The highest BCUT2D eigenvalue weighted by Crippen LogP contribution is 2.16. The largest absolute Gasteiger partial charge is 0.352 e. The van der Waals surface area contributed by atoms with Gasteiger partial charge in [-0.1, -0.05) is 19.1 Å². The number of nitrogens with zero attached hydrogens (tertiary/aromatic N) is 2. The van der Waals surface area contributed by atoms with Gasteiger partial charge < -0.3 is 9.88 Å². The van der Waals surface area contributed by atoms with Gasteiger partial charge in [0.25, 0.3) is 0 Å². The van der Waals surface area contributed by atoms with Crippen LogP contribution in [-0.4, -0.2) is 37.0 Å². The van der Waals surface area contributed by atoms with Crippen LogP contribution in [0.15, 0.2) is 53.4 Å². The third-order valence-corrected chi connectivity index (χ3v) is 6.10. The standard InChI is InChI=1S/C21H23FN4O3S/c1-3-24-30(28,29)17-8-4-15(5-9-17)6-11-21(27)23-13-12-20-25-18-10-7-16(22)14-19(18)26(20)2/h4-11,14,24H,3,12-13H2,1-2H3,(H,23,27)/b11-6+. The molecule has 9 heteroatoms. The van der Waals surface area contributed by atoms with E-state index in [1.54, 1.807) is 31.2 Å². The summed E-state index contributed by atoms with van der Waals surface area (Å²) >= 11 is 0. The Balaban J connectivity index is 1.55. The fourth-order valence-electron chi connectivity index (χ4n) is 3.00. The number of fused-ring (bicyclic) bond motifs is 1. The summed E-state index contributed by atoms with van der Waals surface area (Å²) in [4.78, 5) is 16.7. The molecule has 0 saturated carbocycles. The normalized spacial score (nSPS) is 12.0. The van der Waals surface area contributed by atoms with Crippen LogP contribution in [0.5, 0.6) is 0 Å². The number of aromatic nitrogens is 2. The van der Waals surface area contributed by atoms with Gasteiger partial charge in [-0.25, -0.2) is 22.5 Å². The van der Waals surface area contributed by atoms with Crippen molar-refractivity contribution in [1.29, 1.82) is 0 Å². The first kappa shape index (κ1) is 21.7. The monoisotopic (exact) mass is 430 g/mol. The number of halogens is 1. The maximum Gasteiger partial charge on any atom is 0.244 e. The summed E-state index contributed by atoms with van der Waals surface area (Å²) in [6, 6.07) is 10.7. The Labute approximate surface area is 174 Å². The van der Waals surface area contributed by atoms with E-state index in [-0.39, 0.29) is 16.6 Å². The summed E-state index contributed by atoms with van der Waals surface area (Å²) in [5.74, 6) is 0.157. The van der Waals surface area contributed by atoms with Crippen molar-refractivity contribution in [1.82, 2.24) is 19.6 Å². The molecule has 0 fully saturated rings. The summed E-state index contributed by atoms with van der Waals surface area (Å²) in [5, 5.41) is 2.78. The SMILES string of the molecule is CCNS(=O)(=O)c1ccc(/C=C/C(=O)NCCc2nc3ccc(F)cc3n2C)cc1. The first-order chi connectivity index (χ1) is 14.3. The summed E-state index contributed by atoms with van der Waals surface area (Å²) in [7, 11) is -1.68. The molecule has 0 aliphatic heterocycles. The van der Waals surface area contributed by atoms with Gasteiger partial charge in [0, 0.05) is 32.6 Å². The van der Waals surface area contributed by atoms with Gasteiger partial charge in [0.15, 0.2) is 0 Å². The number of aryl methyl sites for hydroxylation is 1. The fourth-order valence-corrected chi connectivity index (χ4v) is 4.04. The lowest BCUT2D eigenvalue weighted by atomic mass is 10.2. The number of benzene rings is 2. The summed E-state index contributed by atoms with van der Waals surface area (Å²) in [6.45, 7) is 2.40. The number of sulfonamides is 1. The van der Waals surface area contributed by atoms with E-state index in [2.05, 4.69) is 15.0 Å². The number of rotatable bonds is 8. The zero-order valence-corrected chi connectivity index (χ0v) is 17.5. The third-order valence-electron chi connectivity index (χ3n) is 4.54. The van der Waals surface area contributed by atoms with Crippen LogP contribution in [0.25, 0.3) is 17.1 Å². The molecule has 3 rings (SSSR count). The van der Waals surface area contributed by atoms with Crippen LogP contribution in [0.1, 0.15) is 18.3 Å². The van der Waals surface area contributed by atoms with Crippen LogP contribution in [-0.2, 0) is 28.3 Å². The Morgan fingerprint density at radius 3 is 2.63 bits per heavy atom. The van der Waals surface area contributed by atoms with Crippen LogP contribution in [0.3, 0.4) is 0 Å². The van der Waals surface area contributed by atoms with Gasteiger partial charge in [-0.2, -0.15) is 0 Å². The molecule has 1 amide bonds. The molecule has 0 saturated heterocycles. The number of amides is 1. The molecule has 0 aliphatic rings. The Bertz CT molecular complexity index is 1180. The molecule has 1 heterocycles. The molecular formula is C21H23FN4O3S. The van der Waals surface area contributed by atoms with Gasteiger partial charge in [0.2, 0.25) is 15.9 Å². The average molecular weight is 431 g/mol. The van der Waals surface area contributed by atoms with Crippen molar-refractivity contribution in [2.24, 2.45) is 7.05 Å². The van der Waals surface area contributed by atoms with Crippen molar-refractivity contribution in [3.05, 3.63) is 65.7 Å². The quantitative estimate of drug-likeness (QED) is 0.537. The third kappa shape index (κ3) is 5.11. The van der Waals surface area contributed by atoms with E-state index in [0.717, 1.165) is 5.82 Å². The molecule has 7 nitrogen and oxygen atoms in total. The van der Waals surface area contributed by atoms with Crippen molar-refractivity contribution < 1.29 is 17.6 Å². The molecule has 0 spiro atoms. The lowest BCUT2D eigenvalue weighted by Gasteiger charge is -2.05. The highest BCUT2D eigenvalue weighted by atomic mass is 32.2. The number of hydrogen-bond donors (Lipinski definition) is 2. The van der Waals surface area contributed by atoms with Gasteiger partial charge in [-0.3, -0.25) is 4.79 Å². The van der Waals surface area contributed by atoms with Gasteiger partial charge in [0.05, 0.1) is 15.9 Å². The Morgan fingerprint density at radius 2 is 1.93 bits per heavy atom. The molecular weight excluding hydrogens is 407 g/mol. The van der Waals surface area contributed by atoms with Crippen LogP contribution in [0.4, 0.5) is 4.39 Å². The van der Waals surface area contributed by atoms with E-state index in [1.165, 1.54) is 30.3 Å². The highest BCUT2D eigenvalue weighted by Gasteiger charge is 2.11. The minimum atomic E-state index is -3.49. The fraction of sp³-hybridized carbons (Fsp3) is 0.238. The number of nitrogens with one attached hydrogen (secondary N) is 2. The van der Waals surface area contributed by atoms with Gasteiger partial charge >= 0.3 is 0 Å². The predicted octanol–water partition coefficient (Wildman–Crippen LogP) is 2.38. The minimum absolute atomic E-state index is 0.174. The van der Waals surface area contributed by atoms with Gasteiger partial charge in [0.1, 0.15) is 11.6 Å². The molecule has 0 bridgehead atoms. The van der Waals surface area contributed by atoms with E-state index in [1.807, 2.05) is 11.6 Å². The summed E-state index contributed by atoms with van der Waals surface area (Å²) < 4.78 is 41.5. The molecule has 0 atom stereocenters. The van der Waals surface area contributed by atoms with Crippen LogP contribution in [0.2, 0.25) is 0 Å². The number of imidazole rings is 1. The van der Waals surface area contributed by atoms with E-state index in [4.69, 9.17) is 0 Å². The van der Waals surface area contributed by atoms with Crippen LogP contribution in [0, 0.1) is 5.82 Å². The van der Waals surface area contributed by atoms with E-state index >= 15 is 0 Å². The second kappa shape index (κ2) is 9.19. The molecule has 3 aromatic rings. The van der Waals surface area contributed by atoms with Crippen molar-refractivity contribution in [2.75, 3.05) is 13.1 Å². The number of carbonyl (C=O) groups is 1. The minimum Gasteiger partial charge on any atom is -0.352 e. The maximum absolute atomic E-state index is 13.4. The molecule has 30 heavy (non-hydrogen) atoms. The first-order valence-corrected chi connectivity index (χ1v) is 10.9. The first-order valence-electron chi connectivity index (χ1n) is 9.46. The molecule has 0 aliphatic carbocycles. The highest BCUT2D eigenvalue weighted by molar-refractivity contribution is 7.89. The van der Waals surface area contributed by atoms with Crippen molar-refractivity contribution in [2.45, 2.75) is 18.2 Å². The van der Waals surface area contributed by atoms with E-state index in [9.17, 15) is 17.6 Å². The average Bonchev–Trinajstić information content (AvgIpc) is 3.02. The van der Waals surface area contributed by atoms with Crippen LogP contribution >= 0.6 is 0 Å². The predicted molar refractivity (Wildman–Crippen MR) is 114 cm³/mol. The molecule has 158 valence electrons. The summed E-state index contributed by atoms with van der Waals surface area (Å²) in [5.41, 5.74) is 2.12. The molecule has 2 N–H and O–H groups in total. The zero-order valence-electron chi connectivity index (χ0n) is 16.7. The molecule has 0 unspecified atom stereocenters. The Kier molecular flexibility index (Phi) is 6.63. The number of carbonyl (C=O) groups excluding carboxylic acids is 1. The second-order valence-corrected chi connectivity index (χ2v) is 8.43. The lowest BCUT2D eigenvalue weighted by Crippen LogP contribution is -2.24. The lowest BCUT2D eigenvalue weighted by molar-refractivity contribution is -0.116. The maximum atomic E-state index is 13.4. The topological polar surface area (TPSA) is 93.1 Å². The summed E-state index contributed by atoms with van der Waals surface area (Å²) in [6.07, 6.45) is 3.50. The Morgan fingerprint density at radius 1 is 1.20 bits per heavy atom. The Hall–Kier alpha value is -3.04. The van der Waals surface area contributed by atoms with E-state index in [0.29, 0.717) is 36.1 Å². The van der Waals surface area contributed by atoms with E-state index < -0.39 is 10.0 Å². The van der Waals surface area contributed by atoms with Crippen molar-refractivity contribution in [3.63, 3.8) is 0 Å². The van der Waals surface area contributed by atoms with Crippen LogP contribution < -0.4 is 10.0 Å². The van der Waals surface area contributed by atoms with Crippen molar-refractivity contribution in [3.8, 4) is 0 Å². The smallest absolute Gasteiger partial charge is 0.244 e. The van der Waals surface area contributed by atoms with Gasteiger partial charge in [-0.05, 0) is 42.0 Å².